The van der Waals surface area contributed by atoms with Gasteiger partial charge >= 0.3 is 11.8 Å². The summed E-state index contributed by atoms with van der Waals surface area (Å²) in [6.07, 6.45) is 0. The third-order valence-corrected chi connectivity index (χ3v) is 3.63. The Hall–Kier alpha value is -1.69. The fourth-order valence-corrected chi connectivity index (χ4v) is 2.22. The molecule has 5 nitrogen and oxygen atoms in total. The van der Waals surface area contributed by atoms with Crippen molar-refractivity contribution in [1.29, 1.82) is 0 Å². The first-order valence-corrected chi connectivity index (χ1v) is 6.94. The fourth-order valence-electron chi connectivity index (χ4n) is 1.49. The molecule has 0 aliphatic rings. The Bertz CT molecular complexity index is 555. The zero-order valence-corrected chi connectivity index (χ0v) is 12.2. The average Bonchev–Trinajstić information content (AvgIpc) is 3.00. The van der Waals surface area contributed by atoms with Crippen LogP contribution in [0.15, 0.2) is 21.9 Å². The van der Waals surface area contributed by atoms with E-state index in [9.17, 15) is 4.79 Å². The van der Waals surface area contributed by atoms with Crippen LogP contribution in [0.2, 0.25) is 0 Å². The summed E-state index contributed by atoms with van der Waals surface area (Å²) in [5.74, 6) is 0.124. The number of nitrogens with one attached hydrogen (secondary N) is 1. The minimum Gasteiger partial charge on any atom is -0.416 e. The van der Waals surface area contributed by atoms with Crippen LogP contribution in [0.1, 0.15) is 55.2 Å². The molecule has 6 heteroatoms. The smallest absolute Gasteiger partial charge is 0.309 e. The molecule has 1 N–H and O–H groups in total. The lowest BCUT2D eigenvalue weighted by Gasteiger charge is -2.11. The maximum Gasteiger partial charge on any atom is 0.309 e. The molecule has 0 aliphatic heterocycles. The molecule has 102 valence electrons. The number of carbonyl (C=O) groups excluding carboxylic acids is 1. The standard InChI is InChI=1S/C13H17N3O2S/c1-8(9-6-5-7-19-9)14-10(17)11-15-16-12(18-11)13(2,3)4/h5-8H,1-4H3,(H,14,17)/t8-/m0/s1. The van der Waals surface area contributed by atoms with E-state index in [1.165, 1.54) is 0 Å². The number of nitrogens with zero attached hydrogens (tertiary/aromatic N) is 2. The number of hydrogen-bond acceptors (Lipinski definition) is 5. The number of amides is 1. The van der Waals surface area contributed by atoms with Gasteiger partial charge in [-0.1, -0.05) is 26.8 Å². The van der Waals surface area contributed by atoms with E-state index in [-0.39, 0.29) is 23.3 Å². The summed E-state index contributed by atoms with van der Waals surface area (Å²) in [7, 11) is 0. The molecule has 0 saturated carbocycles. The molecular weight excluding hydrogens is 262 g/mol. The Kier molecular flexibility index (Phi) is 3.71. The van der Waals surface area contributed by atoms with E-state index < -0.39 is 0 Å². The molecule has 2 heterocycles. The second kappa shape index (κ2) is 5.13. The summed E-state index contributed by atoms with van der Waals surface area (Å²) in [4.78, 5) is 13.1. The molecule has 0 radical (unpaired) electrons. The van der Waals surface area contributed by atoms with Gasteiger partial charge in [0.25, 0.3) is 0 Å². The van der Waals surface area contributed by atoms with Gasteiger partial charge in [-0.3, -0.25) is 4.79 Å². The third kappa shape index (κ3) is 3.20. The fraction of sp³-hybridized carbons (Fsp3) is 0.462. The molecule has 0 spiro atoms. The number of carbonyl (C=O) groups is 1. The molecule has 0 fully saturated rings. The summed E-state index contributed by atoms with van der Waals surface area (Å²) in [6, 6.07) is 3.86. The predicted octanol–water partition coefficient (Wildman–Crippen LogP) is 2.92. The van der Waals surface area contributed by atoms with E-state index in [2.05, 4.69) is 15.5 Å². The lowest BCUT2D eigenvalue weighted by atomic mass is 9.97. The molecule has 1 amide bonds. The number of hydrogen-bond donors (Lipinski definition) is 1. The van der Waals surface area contributed by atoms with Gasteiger partial charge in [-0.05, 0) is 18.4 Å². The molecule has 0 aliphatic carbocycles. The van der Waals surface area contributed by atoms with Gasteiger partial charge in [0.1, 0.15) is 0 Å². The highest BCUT2D eigenvalue weighted by Gasteiger charge is 2.24. The Morgan fingerprint density at radius 2 is 2.16 bits per heavy atom. The predicted molar refractivity (Wildman–Crippen MR) is 73.2 cm³/mol. The van der Waals surface area contributed by atoms with Crippen molar-refractivity contribution in [1.82, 2.24) is 15.5 Å². The van der Waals surface area contributed by atoms with Crippen molar-refractivity contribution in [3.05, 3.63) is 34.2 Å². The van der Waals surface area contributed by atoms with Crippen LogP contribution in [-0.4, -0.2) is 16.1 Å². The average molecular weight is 279 g/mol. The van der Waals surface area contributed by atoms with E-state index in [4.69, 9.17) is 4.42 Å². The molecule has 2 aromatic heterocycles. The van der Waals surface area contributed by atoms with Gasteiger partial charge in [0, 0.05) is 10.3 Å². The number of aromatic nitrogens is 2. The highest BCUT2D eigenvalue weighted by atomic mass is 32.1. The van der Waals surface area contributed by atoms with Crippen LogP contribution in [0.3, 0.4) is 0 Å². The van der Waals surface area contributed by atoms with Gasteiger partial charge in [0.15, 0.2) is 0 Å². The number of thiophene rings is 1. The Balaban J connectivity index is 2.06. The Morgan fingerprint density at radius 3 is 2.68 bits per heavy atom. The first-order chi connectivity index (χ1) is 8.88. The highest BCUT2D eigenvalue weighted by molar-refractivity contribution is 7.10. The highest BCUT2D eigenvalue weighted by Crippen LogP contribution is 2.21. The van der Waals surface area contributed by atoms with Crippen LogP contribution in [0.4, 0.5) is 0 Å². The summed E-state index contributed by atoms with van der Waals surface area (Å²) in [5.41, 5.74) is -0.259. The van der Waals surface area contributed by atoms with Crippen LogP contribution in [0, 0.1) is 0 Å². The summed E-state index contributed by atoms with van der Waals surface area (Å²) >= 11 is 1.60. The third-order valence-electron chi connectivity index (χ3n) is 2.58. The van der Waals surface area contributed by atoms with Crippen LogP contribution < -0.4 is 5.32 Å². The van der Waals surface area contributed by atoms with Crippen molar-refractivity contribution < 1.29 is 9.21 Å². The van der Waals surface area contributed by atoms with Crippen LogP contribution >= 0.6 is 11.3 Å². The maximum absolute atomic E-state index is 12.0. The largest absolute Gasteiger partial charge is 0.416 e. The number of rotatable bonds is 3. The van der Waals surface area contributed by atoms with E-state index in [0.717, 1.165) is 4.88 Å². The van der Waals surface area contributed by atoms with Crippen molar-refractivity contribution in [3.8, 4) is 0 Å². The van der Waals surface area contributed by atoms with Gasteiger partial charge in [-0.25, -0.2) is 0 Å². The van der Waals surface area contributed by atoms with Gasteiger partial charge in [-0.15, -0.1) is 21.5 Å². The summed E-state index contributed by atoms with van der Waals surface area (Å²) in [6.45, 7) is 7.79. The van der Waals surface area contributed by atoms with Crippen LogP contribution in [0.25, 0.3) is 0 Å². The second-order valence-corrected chi connectivity index (χ2v) is 6.35. The van der Waals surface area contributed by atoms with Gasteiger partial charge < -0.3 is 9.73 Å². The molecule has 0 unspecified atom stereocenters. The molecule has 19 heavy (non-hydrogen) atoms. The van der Waals surface area contributed by atoms with Crippen molar-refractivity contribution in [3.63, 3.8) is 0 Å². The van der Waals surface area contributed by atoms with Crippen LogP contribution in [-0.2, 0) is 5.41 Å². The van der Waals surface area contributed by atoms with E-state index in [1.54, 1.807) is 11.3 Å². The SMILES string of the molecule is C[C@H](NC(=O)c1nnc(C(C)(C)C)o1)c1cccs1. The molecule has 0 aromatic carbocycles. The Morgan fingerprint density at radius 1 is 1.42 bits per heavy atom. The van der Waals surface area contributed by atoms with Gasteiger partial charge in [0.2, 0.25) is 5.89 Å². The first-order valence-electron chi connectivity index (χ1n) is 6.06. The quantitative estimate of drug-likeness (QED) is 0.938. The van der Waals surface area contributed by atoms with Crippen molar-refractivity contribution >= 4 is 17.2 Å². The van der Waals surface area contributed by atoms with E-state index in [0.29, 0.717) is 5.89 Å². The molecule has 1 atom stereocenters. The maximum atomic E-state index is 12.0. The zero-order valence-electron chi connectivity index (χ0n) is 11.4. The van der Waals surface area contributed by atoms with E-state index >= 15 is 0 Å². The Labute approximate surface area is 116 Å². The summed E-state index contributed by atoms with van der Waals surface area (Å²) < 4.78 is 5.40. The van der Waals surface area contributed by atoms with Crippen LogP contribution in [0.5, 0.6) is 0 Å². The lowest BCUT2D eigenvalue weighted by Crippen LogP contribution is -2.26. The monoisotopic (exact) mass is 279 g/mol. The molecule has 0 saturated heterocycles. The first kappa shape index (κ1) is 13.7. The molecule has 2 aromatic rings. The van der Waals surface area contributed by atoms with E-state index in [1.807, 2.05) is 45.2 Å². The topological polar surface area (TPSA) is 68.0 Å². The van der Waals surface area contributed by atoms with Gasteiger partial charge in [-0.2, -0.15) is 0 Å². The van der Waals surface area contributed by atoms with Gasteiger partial charge in [0.05, 0.1) is 6.04 Å². The second-order valence-electron chi connectivity index (χ2n) is 5.37. The molecular formula is C13H17N3O2S. The van der Waals surface area contributed by atoms with Crippen molar-refractivity contribution in [2.24, 2.45) is 0 Å². The molecule has 0 bridgehead atoms. The minimum atomic E-state index is -0.344. The summed E-state index contributed by atoms with van der Waals surface area (Å²) in [5, 5.41) is 12.5. The van der Waals surface area contributed by atoms with Crippen molar-refractivity contribution in [2.75, 3.05) is 0 Å². The van der Waals surface area contributed by atoms with Crippen molar-refractivity contribution in [2.45, 2.75) is 39.2 Å². The minimum absolute atomic E-state index is 0.00771. The normalized spacial score (nSPS) is 13.3. The lowest BCUT2D eigenvalue weighted by molar-refractivity contribution is 0.0902. The zero-order chi connectivity index (χ0) is 14.0. The molecule has 2 rings (SSSR count).